The van der Waals surface area contributed by atoms with Crippen molar-refractivity contribution >= 4 is 29.4 Å². The number of nitrogens with zero attached hydrogens (tertiary/aromatic N) is 2. The number of benzene rings is 1. The third kappa shape index (κ3) is 4.49. The van der Waals surface area contributed by atoms with Gasteiger partial charge < -0.3 is 9.64 Å². The zero-order valence-corrected chi connectivity index (χ0v) is 17.1. The fourth-order valence-electron chi connectivity index (χ4n) is 4.33. The molecule has 0 bridgehead atoms. The van der Waals surface area contributed by atoms with E-state index in [9.17, 15) is 19.2 Å². The number of amides is 3. The summed E-state index contributed by atoms with van der Waals surface area (Å²) in [6, 6.07) is 5.45. The fraction of sp³-hybridized carbons (Fsp3) is 0.545. The minimum atomic E-state index is -0.757. The lowest BCUT2D eigenvalue weighted by Gasteiger charge is -2.34. The van der Waals surface area contributed by atoms with Crippen LogP contribution in [-0.2, 0) is 19.1 Å². The molecule has 0 radical (unpaired) electrons. The van der Waals surface area contributed by atoms with Crippen LogP contribution in [0.3, 0.4) is 0 Å². The van der Waals surface area contributed by atoms with Gasteiger partial charge in [0.25, 0.3) is 5.91 Å². The van der Waals surface area contributed by atoms with Crippen LogP contribution < -0.4 is 4.90 Å². The highest BCUT2D eigenvalue weighted by atomic mass is 16.5. The molecule has 0 N–H and O–H groups in total. The summed E-state index contributed by atoms with van der Waals surface area (Å²) in [6.07, 6.45) is 6.06. The van der Waals surface area contributed by atoms with Gasteiger partial charge in [0.1, 0.15) is 6.04 Å². The lowest BCUT2D eigenvalue weighted by Crippen LogP contribution is -2.49. The van der Waals surface area contributed by atoms with Crippen molar-refractivity contribution in [3.05, 3.63) is 29.8 Å². The molecule has 7 heteroatoms. The zero-order chi connectivity index (χ0) is 21.0. The van der Waals surface area contributed by atoms with Gasteiger partial charge in [-0.1, -0.05) is 25.7 Å². The van der Waals surface area contributed by atoms with E-state index in [0.29, 0.717) is 11.3 Å². The Morgan fingerprint density at radius 3 is 2.24 bits per heavy atom. The number of rotatable bonds is 5. The van der Waals surface area contributed by atoms with Crippen LogP contribution in [0.2, 0.25) is 0 Å². The van der Waals surface area contributed by atoms with Gasteiger partial charge in [-0.3, -0.25) is 14.4 Å². The Morgan fingerprint density at radius 1 is 1.07 bits per heavy atom. The number of carbonyl (C=O) groups excluding carboxylic acids is 4. The monoisotopic (exact) mass is 400 g/mol. The Bertz CT molecular complexity index is 781. The Hall–Kier alpha value is -2.70. The Kier molecular flexibility index (Phi) is 6.67. The SMILES string of the molecule is CCOC(=O)c1ccc(N2C(=O)CC(N(C(C)=O)C3CCCCCC3)C2=O)cc1. The molecule has 156 valence electrons. The molecule has 2 aliphatic rings. The van der Waals surface area contributed by atoms with Crippen molar-refractivity contribution in [2.24, 2.45) is 0 Å². The molecule has 1 atom stereocenters. The second-order valence-electron chi connectivity index (χ2n) is 7.63. The molecule has 0 aromatic heterocycles. The molecule has 1 aromatic rings. The minimum absolute atomic E-state index is 0.00268. The Labute approximate surface area is 171 Å². The fourth-order valence-corrected chi connectivity index (χ4v) is 4.33. The summed E-state index contributed by atoms with van der Waals surface area (Å²) in [4.78, 5) is 52.8. The van der Waals surface area contributed by atoms with Crippen LogP contribution in [0.25, 0.3) is 0 Å². The van der Waals surface area contributed by atoms with Crippen molar-refractivity contribution in [2.75, 3.05) is 11.5 Å². The average Bonchev–Trinajstić information content (AvgIpc) is 2.87. The molecule has 1 saturated heterocycles. The Morgan fingerprint density at radius 2 is 1.69 bits per heavy atom. The van der Waals surface area contributed by atoms with Gasteiger partial charge in [0.05, 0.1) is 24.3 Å². The molecular formula is C22H28N2O5. The summed E-state index contributed by atoms with van der Waals surface area (Å²) in [5, 5.41) is 0. The van der Waals surface area contributed by atoms with E-state index < -0.39 is 12.0 Å². The third-order valence-electron chi connectivity index (χ3n) is 5.68. The number of imide groups is 1. The summed E-state index contributed by atoms with van der Waals surface area (Å²) in [7, 11) is 0. The smallest absolute Gasteiger partial charge is 0.338 e. The molecule has 1 aromatic carbocycles. The second-order valence-corrected chi connectivity index (χ2v) is 7.63. The molecule has 7 nitrogen and oxygen atoms in total. The number of anilines is 1. The van der Waals surface area contributed by atoms with Gasteiger partial charge in [-0.25, -0.2) is 9.69 Å². The van der Waals surface area contributed by atoms with E-state index in [4.69, 9.17) is 4.74 Å². The molecule has 1 heterocycles. The van der Waals surface area contributed by atoms with Crippen molar-refractivity contribution in [2.45, 2.75) is 70.9 Å². The summed E-state index contributed by atoms with van der Waals surface area (Å²) < 4.78 is 4.96. The van der Waals surface area contributed by atoms with Gasteiger partial charge in [-0.05, 0) is 44.0 Å². The van der Waals surface area contributed by atoms with Crippen LogP contribution in [0.1, 0.15) is 69.2 Å². The van der Waals surface area contributed by atoms with E-state index in [2.05, 4.69) is 0 Å². The van der Waals surface area contributed by atoms with Gasteiger partial charge in [0.2, 0.25) is 11.8 Å². The number of hydrogen-bond acceptors (Lipinski definition) is 5. The third-order valence-corrected chi connectivity index (χ3v) is 5.68. The van der Waals surface area contributed by atoms with Crippen molar-refractivity contribution in [3.8, 4) is 0 Å². The van der Waals surface area contributed by atoms with Crippen molar-refractivity contribution in [1.29, 1.82) is 0 Å². The van der Waals surface area contributed by atoms with Gasteiger partial charge in [0.15, 0.2) is 0 Å². The molecule has 1 aliphatic heterocycles. The molecule has 1 unspecified atom stereocenters. The molecule has 3 rings (SSSR count). The maximum atomic E-state index is 13.1. The first-order valence-electron chi connectivity index (χ1n) is 10.4. The molecule has 29 heavy (non-hydrogen) atoms. The average molecular weight is 400 g/mol. The standard InChI is InChI=1S/C22H28N2O5/c1-3-29-22(28)16-10-12-18(13-11-16)24-20(26)14-19(21(24)27)23(15(2)25)17-8-6-4-5-7-9-17/h10-13,17,19H,3-9,14H2,1-2H3. The predicted octanol–water partition coefficient (Wildman–Crippen LogP) is 3.07. The lowest BCUT2D eigenvalue weighted by atomic mass is 10.0. The summed E-state index contributed by atoms with van der Waals surface area (Å²) in [5.41, 5.74) is 0.759. The normalized spacial score (nSPS) is 20.5. The highest BCUT2D eigenvalue weighted by Crippen LogP contribution is 2.30. The Balaban J connectivity index is 1.80. The number of carbonyl (C=O) groups is 4. The second kappa shape index (κ2) is 9.20. The van der Waals surface area contributed by atoms with Crippen LogP contribution in [-0.4, -0.2) is 47.3 Å². The van der Waals surface area contributed by atoms with Gasteiger partial charge in [0, 0.05) is 13.0 Å². The summed E-state index contributed by atoms with van der Waals surface area (Å²) >= 11 is 0. The first-order chi connectivity index (χ1) is 13.9. The van der Waals surface area contributed by atoms with Crippen LogP contribution in [0.4, 0.5) is 5.69 Å². The highest BCUT2D eigenvalue weighted by molar-refractivity contribution is 6.23. The first kappa shape index (κ1) is 21.0. The van der Waals surface area contributed by atoms with Crippen LogP contribution in [0.15, 0.2) is 24.3 Å². The predicted molar refractivity (Wildman–Crippen MR) is 107 cm³/mol. The topological polar surface area (TPSA) is 84.0 Å². The molecule has 1 aliphatic carbocycles. The van der Waals surface area contributed by atoms with Crippen molar-refractivity contribution in [3.63, 3.8) is 0 Å². The quantitative estimate of drug-likeness (QED) is 0.431. The van der Waals surface area contributed by atoms with Crippen molar-refractivity contribution < 1.29 is 23.9 Å². The van der Waals surface area contributed by atoms with Gasteiger partial charge in [-0.15, -0.1) is 0 Å². The first-order valence-corrected chi connectivity index (χ1v) is 10.4. The van der Waals surface area contributed by atoms with Crippen LogP contribution in [0.5, 0.6) is 0 Å². The number of ether oxygens (including phenoxy) is 1. The maximum Gasteiger partial charge on any atom is 0.338 e. The van der Waals surface area contributed by atoms with Gasteiger partial charge in [-0.2, -0.15) is 0 Å². The largest absolute Gasteiger partial charge is 0.462 e. The van der Waals surface area contributed by atoms with E-state index in [0.717, 1.165) is 43.4 Å². The molecule has 3 amide bonds. The number of esters is 1. The van der Waals surface area contributed by atoms with Crippen molar-refractivity contribution in [1.82, 2.24) is 4.90 Å². The van der Waals surface area contributed by atoms with E-state index in [1.807, 2.05) is 0 Å². The molecule has 0 spiro atoms. The van der Waals surface area contributed by atoms with Gasteiger partial charge >= 0.3 is 5.97 Å². The van der Waals surface area contributed by atoms with Crippen LogP contribution in [0, 0.1) is 0 Å². The maximum absolute atomic E-state index is 13.1. The van der Waals surface area contributed by atoms with E-state index >= 15 is 0 Å². The minimum Gasteiger partial charge on any atom is -0.462 e. The van der Waals surface area contributed by atoms with E-state index in [-0.39, 0.29) is 36.8 Å². The molecule has 1 saturated carbocycles. The lowest BCUT2D eigenvalue weighted by molar-refractivity contribution is -0.139. The zero-order valence-electron chi connectivity index (χ0n) is 17.1. The molecular weight excluding hydrogens is 372 g/mol. The highest BCUT2D eigenvalue weighted by Gasteiger charge is 2.45. The van der Waals surface area contributed by atoms with E-state index in [1.54, 1.807) is 24.0 Å². The molecule has 2 fully saturated rings. The van der Waals surface area contributed by atoms with Crippen LogP contribution >= 0.6 is 0 Å². The summed E-state index contributed by atoms with van der Waals surface area (Å²) in [5.74, 6) is -1.32. The summed E-state index contributed by atoms with van der Waals surface area (Å²) in [6.45, 7) is 3.47. The van der Waals surface area contributed by atoms with E-state index in [1.165, 1.54) is 19.1 Å². The number of hydrogen-bond donors (Lipinski definition) is 0.